The molecule has 0 saturated heterocycles. The normalized spacial score (nSPS) is 38.5. The van der Waals surface area contributed by atoms with Crippen molar-refractivity contribution in [1.82, 2.24) is 0 Å². The Labute approximate surface area is 129 Å². The SMILES string of the molecule is Cc1ccc(C)c(NC(C)C23CC4CC(CC(C4)C2)C3)c1. The Bertz CT molecular complexity index is 509. The molecule has 0 spiro atoms. The van der Waals surface area contributed by atoms with E-state index < -0.39 is 0 Å². The molecular weight excluding hydrogens is 254 g/mol. The standard InChI is InChI=1S/C20H29N/c1-13-4-5-14(2)19(6-13)21-15(3)20-10-16-7-17(11-20)9-18(8-16)12-20/h4-6,15-18,21H,7-12H2,1-3H3. The monoisotopic (exact) mass is 283 g/mol. The van der Waals surface area contributed by atoms with E-state index in [2.05, 4.69) is 44.3 Å². The molecule has 4 aliphatic carbocycles. The van der Waals surface area contributed by atoms with Crippen LogP contribution in [0.1, 0.15) is 56.6 Å². The fourth-order valence-electron chi connectivity index (χ4n) is 5.99. The smallest absolute Gasteiger partial charge is 0.0374 e. The summed E-state index contributed by atoms with van der Waals surface area (Å²) < 4.78 is 0. The van der Waals surface area contributed by atoms with Gasteiger partial charge in [0.15, 0.2) is 0 Å². The number of aryl methyl sites for hydroxylation is 2. The van der Waals surface area contributed by atoms with Gasteiger partial charge in [-0.05, 0) is 99.7 Å². The second-order valence-electron chi connectivity index (χ2n) is 8.46. The van der Waals surface area contributed by atoms with Gasteiger partial charge in [-0.3, -0.25) is 0 Å². The van der Waals surface area contributed by atoms with Crippen LogP contribution in [0.25, 0.3) is 0 Å². The molecular formula is C20H29N. The van der Waals surface area contributed by atoms with Crippen molar-refractivity contribution in [3.63, 3.8) is 0 Å². The molecule has 0 aromatic heterocycles. The first kappa shape index (κ1) is 13.7. The predicted molar refractivity (Wildman–Crippen MR) is 89.6 cm³/mol. The van der Waals surface area contributed by atoms with Gasteiger partial charge in [0.05, 0.1) is 0 Å². The second-order valence-corrected chi connectivity index (χ2v) is 8.46. The van der Waals surface area contributed by atoms with E-state index in [-0.39, 0.29) is 0 Å². The van der Waals surface area contributed by atoms with E-state index in [9.17, 15) is 0 Å². The third kappa shape index (κ3) is 2.29. The lowest BCUT2D eigenvalue weighted by atomic mass is 9.48. The van der Waals surface area contributed by atoms with Crippen LogP contribution in [0, 0.1) is 37.0 Å². The Morgan fingerprint density at radius 2 is 1.57 bits per heavy atom. The van der Waals surface area contributed by atoms with Crippen LogP contribution in [0.2, 0.25) is 0 Å². The summed E-state index contributed by atoms with van der Waals surface area (Å²) >= 11 is 0. The van der Waals surface area contributed by atoms with E-state index >= 15 is 0 Å². The van der Waals surface area contributed by atoms with Crippen LogP contribution in [0.15, 0.2) is 18.2 Å². The minimum atomic E-state index is 0.588. The van der Waals surface area contributed by atoms with Crippen LogP contribution in [-0.2, 0) is 0 Å². The lowest BCUT2D eigenvalue weighted by molar-refractivity contribution is -0.0602. The Morgan fingerprint density at radius 3 is 2.14 bits per heavy atom. The van der Waals surface area contributed by atoms with Crippen molar-refractivity contribution in [2.75, 3.05) is 5.32 Å². The number of rotatable bonds is 3. The minimum absolute atomic E-state index is 0.588. The zero-order chi connectivity index (χ0) is 14.6. The Hall–Kier alpha value is -0.980. The van der Waals surface area contributed by atoms with Gasteiger partial charge < -0.3 is 5.32 Å². The zero-order valence-electron chi connectivity index (χ0n) is 13.8. The minimum Gasteiger partial charge on any atom is -0.382 e. The molecule has 0 radical (unpaired) electrons. The molecule has 4 bridgehead atoms. The van der Waals surface area contributed by atoms with Gasteiger partial charge >= 0.3 is 0 Å². The first-order valence-corrected chi connectivity index (χ1v) is 8.88. The number of nitrogens with one attached hydrogen (secondary N) is 1. The fourth-order valence-corrected chi connectivity index (χ4v) is 5.99. The van der Waals surface area contributed by atoms with Crippen molar-refractivity contribution in [3.05, 3.63) is 29.3 Å². The van der Waals surface area contributed by atoms with E-state index in [0.717, 1.165) is 17.8 Å². The van der Waals surface area contributed by atoms with Gasteiger partial charge in [0.1, 0.15) is 0 Å². The van der Waals surface area contributed by atoms with Gasteiger partial charge in [-0.15, -0.1) is 0 Å². The van der Waals surface area contributed by atoms with Crippen molar-refractivity contribution in [2.45, 2.75) is 65.3 Å². The number of anilines is 1. The van der Waals surface area contributed by atoms with Crippen LogP contribution >= 0.6 is 0 Å². The number of hydrogen-bond acceptors (Lipinski definition) is 1. The third-order valence-electron chi connectivity index (χ3n) is 6.77. The van der Waals surface area contributed by atoms with E-state index in [1.165, 1.54) is 55.3 Å². The summed E-state index contributed by atoms with van der Waals surface area (Å²) in [6.07, 6.45) is 9.06. The lowest BCUT2D eigenvalue weighted by Crippen LogP contribution is -2.52. The van der Waals surface area contributed by atoms with Crippen molar-refractivity contribution in [1.29, 1.82) is 0 Å². The Kier molecular flexibility index (Phi) is 3.10. The van der Waals surface area contributed by atoms with Crippen molar-refractivity contribution < 1.29 is 0 Å². The maximum atomic E-state index is 3.91. The van der Waals surface area contributed by atoms with Crippen molar-refractivity contribution in [2.24, 2.45) is 23.2 Å². The van der Waals surface area contributed by atoms with Gasteiger partial charge in [0.2, 0.25) is 0 Å². The summed E-state index contributed by atoms with van der Waals surface area (Å²) in [5, 5.41) is 3.91. The first-order valence-electron chi connectivity index (χ1n) is 8.88. The van der Waals surface area contributed by atoms with Gasteiger partial charge in [-0.1, -0.05) is 12.1 Å². The Morgan fingerprint density at radius 1 is 1.00 bits per heavy atom. The number of hydrogen-bond donors (Lipinski definition) is 1. The highest BCUT2D eigenvalue weighted by Crippen LogP contribution is 2.61. The molecule has 0 amide bonds. The quantitative estimate of drug-likeness (QED) is 0.791. The molecule has 1 heteroatoms. The summed E-state index contributed by atoms with van der Waals surface area (Å²) in [5.74, 6) is 3.12. The van der Waals surface area contributed by atoms with Crippen LogP contribution < -0.4 is 5.32 Å². The van der Waals surface area contributed by atoms with Crippen LogP contribution in [0.5, 0.6) is 0 Å². The molecule has 1 N–H and O–H groups in total. The average molecular weight is 283 g/mol. The maximum absolute atomic E-state index is 3.91. The van der Waals surface area contributed by atoms with E-state index in [1.54, 1.807) is 0 Å². The van der Waals surface area contributed by atoms with Crippen molar-refractivity contribution >= 4 is 5.69 Å². The average Bonchev–Trinajstić information content (AvgIpc) is 2.41. The third-order valence-corrected chi connectivity index (χ3v) is 6.77. The summed E-state index contributed by atoms with van der Waals surface area (Å²) in [7, 11) is 0. The molecule has 114 valence electrons. The molecule has 4 aliphatic rings. The predicted octanol–water partition coefficient (Wildman–Crippen LogP) is 5.32. The molecule has 0 heterocycles. The molecule has 1 nitrogen and oxygen atoms in total. The van der Waals surface area contributed by atoms with Gasteiger partial charge in [0, 0.05) is 11.7 Å². The summed E-state index contributed by atoms with van der Waals surface area (Å²) in [6.45, 7) is 6.88. The molecule has 1 aromatic rings. The lowest BCUT2D eigenvalue weighted by Gasteiger charge is -2.59. The van der Waals surface area contributed by atoms with Crippen molar-refractivity contribution in [3.8, 4) is 0 Å². The first-order chi connectivity index (χ1) is 10.0. The number of benzene rings is 1. The summed E-state index contributed by atoms with van der Waals surface area (Å²) in [5.41, 5.74) is 4.70. The van der Waals surface area contributed by atoms with Crippen LogP contribution in [0.4, 0.5) is 5.69 Å². The molecule has 1 unspecified atom stereocenters. The molecule has 5 rings (SSSR count). The fraction of sp³-hybridized carbons (Fsp3) is 0.700. The highest BCUT2D eigenvalue weighted by atomic mass is 14.9. The Balaban J connectivity index is 1.57. The molecule has 4 fully saturated rings. The highest BCUT2D eigenvalue weighted by Gasteiger charge is 2.53. The maximum Gasteiger partial charge on any atom is 0.0374 e. The van der Waals surface area contributed by atoms with Gasteiger partial charge in [0.25, 0.3) is 0 Å². The molecule has 1 atom stereocenters. The summed E-state index contributed by atoms with van der Waals surface area (Å²) in [6, 6.07) is 7.41. The molecule has 21 heavy (non-hydrogen) atoms. The van der Waals surface area contributed by atoms with E-state index in [0.29, 0.717) is 11.5 Å². The van der Waals surface area contributed by atoms with Gasteiger partial charge in [-0.2, -0.15) is 0 Å². The molecule has 4 saturated carbocycles. The van der Waals surface area contributed by atoms with E-state index in [4.69, 9.17) is 0 Å². The second kappa shape index (κ2) is 4.76. The summed E-state index contributed by atoms with van der Waals surface area (Å²) in [4.78, 5) is 0. The van der Waals surface area contributed by atoms with Crippen LogP contribution in [0.3, 0.4) is 0 Å². The van der Waals surface area contributed by atoms with E-state index in [1.807, 2.05) is 0 Å². The topological polar surface area (TPSA) is 12.0 Å². The molecule has 1 aromatic carbocycles. The zero-order valence-corrected chi connectivity index (χ0v) is 13.8. The largest absolute Gasteiger partial charge is 0.382 e. The highest BCUT2D eigenvalue weighted by molar-refractivity contribution is 5.53. The van der Waals surface area contributed by atoms with Crippen LogP contribution in [-0.4, -0.2) is 6.04 Å². The molecule has 0 aliphatic heterocycles. The van der Waals surface area contributed by atoms with Gasteiger partial charge in [-0.25, -0.2) is 0 Å².